The van der Waals surface area contributed by atoms with Crippen LogP contribution in [0.3, 0.4) is 0 Å². The second-order valence-corrected chi connectivity index (χ2v) is 8.37. The summed E-state index contributed by atoms with van der Waals surface area (Å²) in [6, 6.07) is 5.04. The fourth-order valence-electron chi connectivity index (χ4n) is 3.01. The highest BCUT2D eigenvalue weighted by atomic mass is 35.5. The van der Waals surface area contributed by atoms with E-state index in [1.165, 1.54) is 24.2 Å². The van der Waals surface area contributed by atoms with E-state index in [1.54, 1.807) is 34.2 Å². The smallest absolute Gasteiger partial charge is 0.265 e. The minimum absolute atomic E-state index is 0.00212. The summed E-state index contributed by atoms with van der Waals surface area (Å²) < 4.78 is 0. The Bertz CT molecular complexity index is 858. The predicted molar refractivity (Wildman–Crippen MR) is 102 cm³/mol. The van der Waals surface area contributed by atoms with Gasteiger partial charge < -0.3 is 9.80 Å². The average molecular weight is 410 g/mol. The summed E-state index contributed by atoms with van der Waals surface area (Å²) in [5.74, 6) is 0.402. The number of thiazole rings is 1. The van der Waals surface area contributed by atoms with Crippen molar-refractivity contribution in [1.82, 2.24) is 14.8 Å². The third kappa shape index (κ3) is 3.46. The fourth-order valence-corrected chi connectivity index (χ4v) is 4.45. The Balaban J connectivity index is 1.39. The summed E-state index contributed by atoms with van der Waals surface area (Å²) in [6.07, 6.45) is 4.03. The summed E-state index contributed by atoms with van der Waals surface area (Å²) in [4.78, 5) is 33.9. The lowest BCUT2D eigenvalue weighted by Gasteiger charge is -2.34. The minimum Gasteiger partial charge on any atom is -0.335 e. The van der Waals surface area contributed by atoms with E-state index in [0.717, 1.165) is 5.01 Å². The van der Waals surface area contributed by atoms with Crippen molar-refractivity contribution in [1.29, 1.82) is 0 Å². The van der Waals surface area contributed by atoms with Crippen molar-refractivity contribution >= 4 is 46.4 Å². The van der Waals surface area contributed by atoms with Gasteiger partial charge in [0.15, 0.2) is 0 Å². The molecule has 0 bridgehead atoms. The third-order valence-electron chi connectivity index (χ3n) is 4.70. The van der Waals surface area contributed by atoms with E-state index in [9.17, 15) is 9.59 Å². The number of halogens is 2. The predicted octanol–water partition coefficient (Wildman–Crippen LogP) is 3.93. The van der Waals surface area contributed by atoms with Gasteiger partial charge in [-0.1, -0.05) is 29.3 Å². The first-order chi connectivity index (χ1) is 12.5. The molecule has 1 aliphatic heterocycles. The largest absolute Gasteiger partial charge is 0.335 e. The van der Waals surface area contributed by atoms with Crippen LogP contribution in [0.15, 0.2) is 24.4 Å². The normalized spacial score (nSPS) is 17.5. The number of carbonyl (C=O) groups excluding carboxylic acids is 2. The van der Waals surface area contributed by atoms with Gasteiger partial charge in [-0.3, -0.25) is 9.59 Å². The number of amides is 2. The Morgan fingerprint density at radius 2 is 1.69 bits per heavy atom. The van der Waals surface area contributed by atoms with Crippen molar-refractivity contribution in [3.05, 3.63) is 49.9 Å². The third-order valence-corrected chi connectivity index (χ3v) is 6.66. The average Bonchev–Trinajstić information content (AvgIpc) is 3.40. The molecule has 0 N–H and O–H groups in total. The van der Waals surface area contributed by atoms with Crippen LogP contribution in [0.2, 0.25) is 10.0 Å². The first-order valence-electron chi connectivity index (χ1n) is 8.53. The summed E-state index contributed by atoms with van der Waals surface area (Å²) in [5.41, 5.74) is 0.399. The highest BCUT2D eigenvalue weighted by molar-refractivity contribution is 7.13. The summed E-state index contributed by atoms with van der Waals surface area (Å²) in [7, 11) is 0. The van der Waals surface area contributed by atoms with E-state index in [2.05, 4.69) is 4.98 Å². The lowest BCUT2D eigenvalue weighted by Crippen LogP contribution is -2.50. The molecule has 1 aromatic heterocycles. The molecule has 2 amide bonds. The maximum absolute atomic E-state index is 12.7. The number of carbonyl (C=O) groups is 2. The van der Waals surface area contributed by atoms with E-state index in [-0.39, 0.29) is 16.8 Å². The van der Waals surface area contributed by atoms with Crippen LogP contribution < -0.4 is 0 Å². The number of benzene rings is 1. The van der Waals surface area contributed by atoms with Crippen molar-refractivity contribution < 1.29 is 9.59 Å². The Labute approximate surface area is 165 Å². The van der Waals surface area contributed by atoms with Gasteiger partial charge in [-0.05, 0) is 25.0 Å². The van der Waals surface area contributed by atoms with Crippen LogP contribution in [0.5, 0.6) is 0 Å². The van der Waals surface area contributed by atoms with Gasteiger partial charge in [0.1, 0.15) is 4.88 Å². The van der Waals surface area contributed by atoms with Gasteiger partial charge in [-0.25, -0.2) is 4.98 Å². The van der Waals surface area contributed by atoms with Crippen LogP contribution in [0.4, 0.5) is 0 Å². The Morgan fingerprint density at radius 3 is 2.35 bits per heavy atom. The molecule has 0 unspecified atom stereocenters. The number of rotatable bonds is 3. The van der Waals surface area contributed by atoms with Gasteiger partial charge in [-0.2, -0.15) is 0 Å². The van der Waals surface area contributed by atoms with Crippen LogP contribution in [0.25, 0.3) is 0 Å². The van der Waals surface area contributed by atoms with Gasteiger partial charge in [0.25, 0.3) is 11.8 Å². The molecule has 2 fully saturated rings. The number of nitrogens with zero attached hydrogens (tertiary/aromatic N) is 3. The molecule has 0 spiro atoms. The SMILES string of the molecule is O=C(c1cnc(C2CC2)s1)N1CCN(C(=O)c2cccc(Cl)c2Cl)CC1. The van der Waals surface area contributed by atoms with E-state index in [4.69, 9.17) is 23.2 Å². The van der Waals surface area contributed by atoms with E-state index < -0.39 is 0 Å². The quantitative estimate of drug-likeness (QED) is 0.771. The molecular formula is C18H17Cl2N3O2S. The molecule has 26 heavy (non-hydrogen) atoms. The van der Waals surface area contributed by atoms with Gasteiger partial charge in [-0.15, -0.1) is 11.3 Å². The molecule has 5 nitrogen and oxygen atoms in total. The molecule has 1 aromatic carbocycles. The van der Waals surface area contributed by atoms with Crippen molar-refractivity contribution in [2.75, 3.05) is 26.2 Å². The molecule has 136 valence electrons. The maximum atomic E-state index is 12.7. The highest BCUT2D eigenvalue weighted by Crippen LogP contribution is 2.41. The lowest BCUT2D eigenvalue weighted by atomic mass is 10.1. The lowest BCUT2D eigenvalue weighted by molar-refractivity contribution is 0.0538. The molecule has 2 aromatic rings. The second-order valence-electron chi connectivity index (χ2n) is 6.52. The van der Waals surface area contributed by atoms with E-state index in [0.29, 0.717) is 47.6 Å². The molecule has 0 atom stereocenters. The van der Waals surface area contributed by atoms with Crippen molar-refractivity contribution in [2.45, 2.75) is 18.8 Å². The Kier molecular flexibility index (Phi) is 4.90. The van der Waals surface area contributed by atoms with Crippen LogP contribution in [0.1, 0.15) is 43.8 Å². The zero-order valence-corrected chi connectivity index (χ0v) is 16.3. The molecule has 1 aliphatic carbocycles. The molecule has 2 heterocycles. The van der Waals surface area contributed by atoms with Crippen molar-refractivity contribution in [2.24, 2.45) is 0 Å². The summed E-state index contributed by atoms with van der Waals surface area (Å²) >= 11 is 13.6. The topological polar surface area (TPSA) is 53.5 Å². The Hall–Kier alpha value is -1.63. The molecule has 2 aliphatic rings. The number of aromatic nitrogens is 1. The number of hydrogen-bond donors (Lipinski definition) is 0. The van der Waals surface area contributed by atoms with Crippen molar-refractivity contribution in [3.63, 3.8) is 0 Å². The number of piperazine rings is 1. The Morgan fingerprint density at radius 1 is 1.04 bits per heavy atom. The first-order valence-corrected chi connectivity index (χ1v) is 10.1. The molecule has 1 saturated heterocycles. The van der Waals surface area contributed by atoms with Gasteiger partial charge in [0.2, 0.25) is 0 Å². The van der Waals surface area contributed by atoms with Gasteiger partial charge >= 0.3 is 0 Å². The van der Waals surface area contributed by atoms with E-state index in [1.807, 2.05) is 0 Å². The van der Waals surface area contributed by atoms with Crippen LogP contribution >= 0.6 is 34.5 Å². The molecule has 1 saturated carbocycles. The minimum atomic E-state index is -0.154. The summed E-state index contributed by atoms with van der Waals surface area (Å²) in [5, 5.41) is 1.70. The van der Waals surface area contributed by atoms with Crippen LogP contribution in [-0.2, 0) is 0 Å². The number of hydrogen-bond acceptors (Lipinski definition) is 4. The summed E-state index contributed by atoms with van der Waals surface area (Å²) in [6.45, 7) is 1.95. The monoisotopic (exact) mass is 409 g/mol. The zero-order chi connectivity index (χ0) is 18.3. The van der Waals surface area contributed by atoms with Crippen LogP contribution in [-0.4, -0.2) is 52.8 Å². The zero-order valence-electron chi connectivity index (χ0n) is 14.0. The first kappa shape index (κ1) is 17.8. The van der Waals surface area contributed by atoms with E-state index >= 15 is 0 Å². The fraction of sp³-hybridized carbons (Fsp3) is 0.389. The molecule has 4 rings (SSSR count). The van der Waals surface area contributed by atoms with Gasteiger partial charge in [0.05, 0.1) is 26.8 Å². The van der Waals surface area contributed by atoms with Crippen LogP contribution in [0, 0.1) is 0 Å². The highest BCUT2D eigenvalue weighted by Gasteiger charge is 2.30. The van der Waals surface area contributed by atoms with Crippen molar-refractivity contribution in [3.8, 4) is 0 Å². The second kappa shape index (κ2) is 7.18. The molecule has 8 heteroatoms. The molecule has 0 radical (unpaired) electrons. The standard InChI is InChI=1S/C18H17Cl2N3O2S/c19-13-3-1-2-12(15(13)20)17(24)22-6-8-23(9-7-22)18(25)14-10-21-16(26-14)11-4-5-11/h1-3,10-11H,4-9H2. The van der Waals surface area contributed by atoms with Gasteiger partial charge in [0, 0.05) is 32.1 Å². The maximum Gasteiger partial charge on any atom is 0.265 e. The molecular weight excluding hydrogens is 393 g/mol.